The van der Waals surface area contributed by atoms with E-state index in [9.17, 15) is 19.5 Å². The highest BCUT2D eigenvalue weighted by molar-refractivity contribution is 8.18. The van der Waals surface area contributed by atoms with E-state index in [4.69, 9.17) is 9.47 Å². The van der Waals surface area contributed by atoms with E-state index < -0.39 is 23.2 Å². The molecule has 24 heavy (non-hydrogen) atoms. The van der Waals surface area contributed by atoms with Crippen molar-refractivity contribution in [2.24, 2.45) is 0 Å². The van der Waals surface area contributed by atoms with Gasteiger partial charge in [-0.3, -0.25) is 14.5 Å². The zero-order valence-corrected chi connectivity index (χ0v) is 14.3. The van der Waals surface area contributed by atoms with Crippen molar-refractivity contribution in [1.82, 2.24) is 4.90 Å². The molecule has 1 N–H and O–H groups in total. The van der Waals surface area contributed by atoms with Gasteiger partial charge in [0, 0.05) is 0 Å². The quantitative estimate of drug-likeness (QED) is 0.643. The number of methoxy groups -OCH3 is 1. The third-order valence-electron chi connectivity index (χ3n) is 3.34. The molecule has 8 heteroatoms. The standard InChI is InChI=1S/C16H17NO6S/c1-4-23-15(20)9(2)17-14(19)13(24-16(17)21)8-10-5-6-12(22-3)11(18)7-10/h5-9,18H,4H2,1-3H3/b13-8+/t9-/m0/s1. The maximum atomic E-state index is 12.4. The summed E-state index contributed by atoms with van der Waals surface area (Å²) >= 11 is 0.734. The topological polar surface area (TPSA) is 93.1 Å². The monoisotopic (exact) mass is 351 g/mol. The maximum Gasteiger partial charge on any atom is 0.329 e. The smallest absolute Gasteiger partial charge is 0.329 e. The van der Waals surface area contributed by atoms with Crippen LogP contribution in [-0.2, 0) is 14.3 Å². The number of aromatic hydroxyl groups is 1. The molecule has 0 bridgehead atoms. The Morgan fingerprint density at radius 1 is 1.42 bits per heavy atom. The van der Waals surface area contributed by atoms with Crippen LogP contribution in [0.1, 0.15) is 19.4 Å². The van der Waals surface area contributed by atoms with E-state index in [0.717, 1.165) is 16.7 Å². The molecule has 1 atom stereocenters. The SMILES string of the molecule is CCOC(=O)[C@H](C)N1C(=O)S/C(=C/c2ccc(OC)c(O)c2)C1=O. The van der Waals surface area contributed by atoms with Gasteiger partial charge in [-0.25, -0.2) is 4.79 Å². The van der Waals surface area contributed by atoms with Crippen LogP contribution in [0.3, 0.4) is 0 Å². The largest absolute Gasteiger partial charge is 0.504 e. The van der Waals surface area contributed by atoms with Gasteiger partial charge in [0.15, 0.2) is 11.5 Å². The third-order valence-corrected chi connectivity index (χ3v) is 4.22. The van der Waals surface area contributed by atoms with Gasteiger partial charge >= 0.3 is 5.97 Å². The number of ether oxygens (including phenoxy) is 2. The van der Waals surface area contributed by atoms with Crippen molar-refractivity contribution in [2.75, 3.05) is 13.7 Å². The number of phenols is 1. The number of amides is 2. The number of imide groups is 1. The van der Waals surface area contributed by atoms with Crippen LogP contribution in [0.5, 0.6) is 11.5 Å². The zero-order valence-electron chi connectivity index (χ0n) is 13.4. The molecule has 0 aliphatic carbocycles. The van der Waals surface area contributed by atoms with Gasteiger partial charge in [-0.1, -0.05) is 6.07 Å². The van der Waals surface area contributed by atoms with Crippen LogP contribution in [0.2, 0.25) is 0 Å². The van der Waals surface area contributed by atoms with Crippen molar-refractivity contribution < 1.29 is 29.0 Å². The van der Waals surface area contributed by atoms with Crippen LogP contribution < -0.4 is 4.74 Å². The molecule has 1 heterocycles. The lowest BCUT2D eigenvalue weighted by Crippen LogP contribution is -2.42. The number of thioether (sulfide) groups is 1. The number of phenolic OH excluding ortho intramolecular Hbond substituents is 1. The van der Waals surface area contributed by atoms with E-state index in [2.05, 4.69) is 0 Å². The molecule has 128 valence electrons. The van der Waals surface area contributed by atoms with Crippen molar-refractivity contribution >= 4 is 35.0 Å². The lowest BCUT2D eigenvalue weighted by molar-refractivity contribution is -0.150. The number of carbonyl (C=O) groups excluding carboxylic acids is 3. The number of hydrogen-bond acceptors (Lipinski definition) is 7. The molecule has 0 aromatic heterocycles. The third kappa shape index (κ3) is 3.53. The number of hydrogen-bond donors (Lipinski definition) is 1. The fourth-order valence-corrected chi connectivity index (χ4v) is 3.04. The molecular weight excluding hydrogens is 334 g/mol. The first-order valence-corrected chi connectivity index (χ1v) is 8.01. The minimum Gasteiger partial charge on any atom is -0.504 e. The summed E-state index contributed by atoms with van der Waals surface area (Å²) in [5, 5.41) is 9.23. The Bertz CT molecular complexity index is 715. The summed E-state index contributed by atoms with van der Waals surface area (Å²) in [6.07, 6.45) is 1.47. The lowest BCUT2D eigenvalue weighted by Gasteiger charge is -2.19. The van der Waals surface area contributed by atoms with Crippen LogP contribution in [0.25, 0.3) is 6.08 Å². The van der Waals surface area contributed by atoms with E-state index >= 15 is 0 Å². The van der Waals surface area contributed by atoms with Gasteiger partial charge < -0.3 is 14.6 Å². The first kappa shape index (κ1) is 17.9. The van der Waals surface area contributed by atoms with Crippen LogP contribution >= 0.6 is 11.8 Å². The fraction of sp³-hybridized carbons (Fsp3) is 0.312. The van der Waals surface area contributed by atoms with Crippen LogP contribution in [0.4, 0.5) is 4.79 Å². The Balaban J connectivity index is 2.24. The molecule has 0 saturated carbocycles. The Hall–Kier alpha value is -2.48. The normalized spacial score (nSPS) is 17.3. The minimum atomic E-state index is -0.993. The van der Waals surface area contributed by atoms with E-state index in [1.807, 2.05) is 0 Å². The molecule has 1 aromatic carbocycles. The average molecular weight is 351 g/mol. The molecule has 1 aromatic rings. The summed E-state index contributed by atoms with van der Waals surface area (Å²) in [4.78, 5) is 37.2. The molecule has 0 spiro atoms. The zero-order chi connectivity index (χ0) is 17.9. The molecule has 1 aliphatic rings. The first-order chi connectivity index (χ1) is 11.4. The van der Waals surface area contributed by atoms with Gasteiger partial charge in [0.25, 0.3) is 11.1 Å². The number of esters is 1. The summed E-state index contributed by atoms with van der Waals surface area (Å²) in [5.74, 6) is -0.981. The maximum absolute atomic E-state index is 12.4. The van der Waals surface area contributed by atoms with Crippen LogP contribution in [0, 0.1) is 0 Å². The highest BCUT2D eigenvalue weighted by atomic mass is 32.2. The van der Waals surface area contributed by atoms with Crippen LogP contribution in [-0.4, -0.2) is 46.9 Å². The van der Waals surface area contributed by atoms with Gasteiger partial charge in [-0.05, 0) is 49.4 Å². The minimum absolute atomic E-state index is 0.0784. The van der Waals surface area contributed by atoms with Crippen LogP contribution in [0.15, 0.2) is 23.1 Å². The summed E-state index contributed by atoms with van der Waals surface area (Å²) < 4.78 is 9.80. The van der Waals surface area contributed by atoms with E-state index in [1.54, 1.807) is 19.1 Å². The molecular formula is C16H17NO6S. The molecule has 1 saturated heterocycles. The van der Waals surface area contributed by atoms with E-state index in [0.29, 0.717) is 11.3 Å². The summed E-state index contributed by atoms with van der Waals surface area (Å²) in [7, 11) is 1.43. The van der Waals surface area contributed by atoms with Gasteiger partial charge in [-0.15, -0.1) is 0 Å². The summed E-state index contributed by atoms with van der Waals surface area (Å²) in [6, 6.07) is 3.61. The molecule has 0 radical (unpaired) electrons. The predicted molar refractivity (Wildman–Crippen MR) is 88.6 cm³/mol. The van der Waals surface area contributed by atoms with E-state index in [1.165, 1.54) is 26.2 Å². The molecule has 1 aliphatic heterocycles. The second-order valence-electron chi connectivity index (χ2n) is 4.91. The molecule has 7 nitrogen and oxygen atoms in total. The van der Waals surface area contributed by atoms with Gasteiger partial charge in [0.1, 0.15) is 6.04 Å². The highest BCUT2D eigenvalue weighted by Crippen LogP contribution is 2.35. The Kier molecular flexibility index (Phi) is 5.50. The second kappa shape index (κ2) is 7.39. The van der Waals surface area contributed by atoms with Gasteiger partial charge in [-0.2, -0.15) is 0 Å². The van der Waals surface area contributed by atoms with Crippen molar-refractivity contribution in [2.45, 2.75) is 19.9 Å². The summed E-state index contributed by atoms with van der Waals surface area (Å²) in [6.45, 7) is 3.26. The lowest BCUT2D eigenvalue weighted by atomic mass is 10.2. The van der Waals surface area contributed by atoms with E-state index in [-0.39, 0.29) is 17.3 Å². The van der Waals surface area contributed by atoms with Crippen molar-refractivity contribution in [1.29, 1.82) is 0 Å². The average Bonchev–Trinajstić information content (AvgIpc) is 2.81. The van der Waals surface area contributed by atoms with Gasteiger partial charge in [0.2, 0.25) is 0 Å². The molecule has 0 unspecified atom stereocenters. The Labute approximate surface area is 143 Å². The number of benzene rings is 1. The second-order valence-corrected chi connectivity index (χ2v) is 5.90. The Morgan fingerprint density at radius 3 is 2.71 bits per heavy atom. The highest BCUT2D eigenvalue weighted by Gasteiger charge is 2.41. The fourth-order valence-electron chi connectivity index (χ4n) is 2.13. The molecule has 2 rings (SSSR count). The molecule has 1 fully saturated rings. The number of rotatable bonds is 5. The number of nitrogens with zero attached hydrogens (tertiary/aromatic N) is 1. The van der Waals surface area contributed by atoms with Crippen molar-refractivity contribution in [3.05, 3.63) is 28.7 Å². The van der Waals surface area contributed by atoms with Crippen molar-refractivity contribution in [3.8, 4) is 11.5 Å². The number of carbonyl (C=O) groups is 3. The Morgan fingerprint density at radius 2 is 2.12 bits per heavy atom. The summed E-state index contributed by atoms with van der Waals surface area (Å²) in [5.41, 5.74) is 0.530. The van der Waals surface area contributed by atoms with Gasteiger partial charge in [0.05, 0.1) is 18.6 Å². The first-order valence-electron chi connectivity index (χ1n) is 7.19. The molecule has 2 amide bonds. The van der Waals surface area contributed by atoms with Crippen molar-refractivity contribution in [3.63, 3.8) is 0 Å². The predicted octanol–water partition coefficient (Wildman–Crippen LogP) is 2.39.